The Bertz CT molecular complexity index is 1520. The number of unbranched alkanes of at least 4 members (excludes halogenated alkanes) is 8. The number of rotatable bonds is 26. The van der Waals surface area contributed by atoms with Crippen LogP contribution in [0.4, 0.5) is 0 Å². The summed E-state index contributed by atoms with van der Waals surface area (Å²) in [5.74, 6) is -2.33. The van der Waals surface area contributed by atoms with E-state index in [1.54, 1.807) is 37.3 Å². The van der Waals surface area contributed by atoms with Crippen molar-refractivity contribution < 1.29 is 43.7 Å². The van der Waals surface area contributed by atoms with Crippen molar-refractivity contribution in [1.29, 1.82) is 0 Å². The first-order chi connectivity index (χ1) is 25.0. The third-order valence-corrected chi connectivity index (χ3v) is 9.48. The first kappa shape index (κ1) is 43.6. The van der Waals surface area contributed by atoms with Crippen molar-refractivity contribution in [1.82, 2.24) is 10.3 Å². The fraction of sp³-hybridized carbons (Fsp3) is 0.538. The third-order valence-electron chi connectivity index (χ3n) is 8.64. The maximum Gasteiger partial charge on any atom is 0.338 e. The average molecular weight is 740 g/mol. The number of Topliss-reactive ketones (excluding diaryl/α,β-unsaturated/α-hetero) is 1. The number of hydrogen-bond acceptors (Lipinski definition) is 10. The summed E-state index contributed by atoms with van der Waals surface area (Å²) < 4.78 is 10.5. The number of ether oxygens (including phenoxy) is 2. The third kappa shape index (κ3) is 14.2. The number of nitrogens with two attached hydrogens (primary N) is 1. The van der Waals surface area contributed by atoms with Gasteiger partial charge in [0.05, 0.1) is 13.0 Å². The predicted molar refractivity (Wildman–Crippen MR) is 198 cm³/mol. The molecule has 1 aromatic carbocycles. The quantitative estimate of drug-likeness (QED) is 0.0427. The molecule has 0 spiro atoms. The summed E-state index contributed by atoms with van der Waals surface area (Å²) in [7, 11) is 1.15. The molecule has 2 rings (SSSR count). The van der Waals surface area contributed by atoms with E-state index < -0.39 is 47.2 Å². The van der Waals surface area contributed by atoms with E-state index in [1.165, 1.54) is 24.1 Å². The molecule has 5 N–H and O–H groups in total. The molecule has 4 atom stereocenters. The van der Waals surface area contributed by atoms with Crippen LogP contribution < -0.4 is 15.8 Å². The number of aliphatic carboxylic acids is 1. The summed E-state index contributed by atoms with van der Waals surface area (Å²) in [5.41, 5.74) is 3.19. The molecule has 13 heteroatoms. The van der Waals surface area contributed by atoms with E-state index in [9.17, 15) is 34.2 Å². The molecule has 1 unspecified atom stereocenters. The number of carbonyl (C=O) groups excluding carboxylic acids is 4. The van der Waals surface area contributed by atoms with Crippen LogP contribution in [0.1, 0.15) is 107 Å². The molecule has 284 valence electrons. The zero-order valence-corrected chi connectivity index (χ0v) is 31.3. The molecule has 1 aromatic heterocycles. The molecule has 0 aliphatic carbocycles. The van der Waals surface area contributed by atoms with E-state index in [0.717, 1.165) is 63.4 Å². The second kappa shape index (κ2) is 23.8. The van der Waals surface area contributed by atoms with Crippen LogP contribution in [0, 0.1) is 17.8 Å². The lowest BCUT2D eigenvalue weighted by Crippen LogP contribution is -2.59. The molecule has 0 bridgehead atoms. The van der Waals surface area contributed by atoms with Gasteiger partial charge in [-0.1, -0.05) is 75.7 Å². The molecular weight excluding hydrogens is 687 g/mol. The molecule has 0 saturated carbocycles. The van der Waals surface area contributed by atoms with Crippen LogP contribution in [0.15, 0.2) is 48.0 Å². The van der Waals surface area contributed by atoms with Crippen molar-refractivity contribution >= 4 is 40.9 Å². The van der Waals surface area contributed by atoms with Gasteiger partial charge < -0.3 is 30.7 Å². The van der Waals surface area contributed by atoms with E-state index in [1.807, 2.05) is 0 Å². The number of aliphatic hydroxyl groups is 1. The number of primary amides is 1. The summed E-state index contributed by atoms with van der Waals surface area (Å²) in [5, 5.41) is 26.2. The lowest BCUT2D eigenvalue weighted by atomic mass is 9.75. The molecule has 52 heavy (non-hydrogen) atoms. The van der Waals surface area contributed by atoms with Crippen molar-refractivity contribution in [2.75, 3.05) is 13.7 Å². The number of allylic oxidation sites excluding steroid dienone is 1. The van der Waals surface area contributed by atoms with Gasteiger partial charge in [-0.2, -0.15) is 0 Å². The molecule has 0 aliphatic heterocycles. The van der Waals surface area contributed by atoms with Crippen molar-refractivity contribution in [2.45, 2.75) is 115 Å². The highest BCUT2D eigenvalue weighted by Gasteiger charge is 2.57. The minimum Gasteiger partial charge on any atom is -0.481 e. The van der Waals surface area contributed by atoms with Gasteiger partial charge in [0.2, 0.25) is 11.8 Å². The Balaban J connectivity index is 2.22. The fourth-order valence-electron chi connectivity index (χ4n) is 5.74. The molecule has 2 aromatic rings. The van der Waals surface area contributed by atoms with Gasteiger partial charge in [0, 0.05) is 30.8 Å². The Morgan fingerprint density at radius 2 is 1.67 bits per heavy atom. The standard InChI is InChI=1S/C39H53N3O9S/c1-4-6-8-11-14-17-29(43)18-15-12-9-10-13-16-19-31(39(49,38(47)48)33(34(40)44)36-41-24-26-52-36)35(45)42-32(37(46)50-3)27-28-20-22-30(23-21-28)51-25-7-5-2/h16,19-24,26,31-33,49H,4,6,8-15,17-18,25,27H2,1-3H3,(H2,40,44)(H,42,45)(H,47,48)/b19-16+/t31-,32+,33?,39+/m1/s1. The van der Waals surface area contributed by atoms with Crippen LogP contribution in [-0.4, -0.2) is 70.1 Å². The summed E-state index contributed by atoms with van der Waals surface area (Å²) in [6, 6.07) is 5.46. The van der Waals surface area contributed by atoms with Gasteiger partial charge in [-0.3, -0.25) is 14.4 Å². The summed E-state index contributed by atoms with van der Waals surface area (Å²) in [6.07, 6.45) is 14.2. The molecule has 12 nitrogen and oxygen atoms in total. The number of nitrogens with one attached hydrogen (secondary N) is 1. The molecule has 0 aliphatic rings. The normalized spacial score (nSPS) is 13.9. The summed E-state index contributed by atoms with van der Waals surface area (Å²) in [6.45, 7) is 4.05. The fourth-order valence-corrected chi connectivity index (χ4v) is 6.56. The lowest BCUT2D eigenvalue weighted by molar-refractivity contribution is -0.172. The molecule has 0 saturated heterocycles. The van der Waals surface area contributed by atoms with E-state index in [-0.39, 0.29) is 23.8 Å². The number of thiazole rings is 1. The number of benzene rings is 1. The topological polar surface area (TPSA) is 195 Å². The summed E-state index contributed by atoms with van der Waals surface area (Å²) >= 11 is 0.906. The van der Waals surface area contributed by atoms with Crippen LogP contribution in [-0.2, 0) is 35.1 Å². The monoisotopic (exact) mass is 739 g/mol. The Hall–Kier alpha value is -4.54. The maximum absolute atomic E-state index is 14.0. The van der Waals surface area contributed by atoms with Gasteiger partial charge >= 0.3 is 11.9 Å². The first-order valence-corrected chi connectivity index (χ1v) is 18.7. The van der Waals surface area contributed by atoms with Crippen LogP contribution >= 0.6 is 11.3 Å². The van der Waals surface area contributed by atoms with Crippen LogP contribution in [0.25, 0.3) is 0 Å². The van der Waals surface area contributed by atoms with Gasteiger partial charge in [0.15, 0.2) is 5.60 Å². The highest BCUT2D eigenvalue weighted by molar-refractivity contribution is 7.09. The smallest absolute Gasteiger partial charge is 0.338 e. The molecular formula is C39H53N3O9S. The summed E-state index contributed by atoms with van der Waals surface area (Å²) in [4.78, 5) is 68.6. The first-order valence-electron chi connectivity index (χ1n) is 17.8. The van der Waals surface area contributed by atoms with E-state index >= 15 is 0 Å². The lowest BCUT2D eigenvalue weighted by Gasteiger charge is -2.34. The van der Waals surface area contributed by atoms with Crippen molar-refractivity contribution in [3.63, 3.8) is 0 Å². The minimum absolute atomic E-state index is 0.0392. The maximum atomic E-state index is 14.0. The Kier molecular flexibility index (Phi) is 20.0. The molecule has 0 fully saturated rings. The van der Waals surface area contributed by atoms with Crippen LogP contribution in [0.3, 0.4) is 0 Å². The molecule has 1 heterocycles. The van der Waals surface area contributed by atoms with Crippen molar-refractivity contribution in [3.8, 4) is 17.6 Å². The zero-order chi connectivity index (χ0) is 38.4. The van der Waals surface area contributed by atoms with Crippen LogP contribution in [0.5, 0.6) is 5.75 Å². The van der Waals surface area contributed by atoms with Gasteiger partial charge in [-0.25, -0.2) is 14.6 Å². The van der Waals surface area contributed by atoms with Crippen molar-refractivity contribution in [3.05, 3.63) is 58.6 Å². The second-order valence-corrected chi connectivity index (χ2v) is 13.5. The number of carboxylic acids is 1. The minimum atomic E-state index is -3.07. The molecule has 0 radical (unpaired) electrons. The number of amides is 2. The number of esters is 1. The predicted octanol–water partition coefficient (Wildman–Crippen LogP) is 5.27. The molecule has 2 amide bonds. The Morgan fingerprint density at radius 1 is 1.02 bits per heavy atom. The van der Waals surface area contributed by atoms with E-state index in [0.29, 0.717) is 37.0 Å². The van der Waals surface area contributed by atoms with E-state index in [2.05, 4.69) is 29.1 Å². The number of carboxylic acid groups (broad SMARTS) is 1. The second-order valence-electron chi connectivity index (χ2n) is 12.5. The van der Waals surface area contributed by atoms with Crippen molar-refractivity contribution in [2.24, 2.45) is 11.7 Å². The van der Waals surface area contributed by atoms with Gasteiger partial charge in [-0.05, 0) is 50.3 Å². The number of nitrogens with zero attached hydrogens (tertiary/aromatic N) is 1. The Morgan fingerprint density at radius 3 is 2.23 bits per heavy atom. The van der Waals surface area contributed by atoms with E-state index in [4.69, 9.17) is 15.2 Å². The highest BCUT2D eigenvalue weighted by Crippen LogP contribution is 2.37. The zero-order valence-electron chi connectivity index (χ0n) is 30.4. The SMILES string of the molecule is CC#CCOc1ccc(C[C@H](NC(=O)[C@@H](/C=C/CCCCCCC(=O)CCCCCCC)[C@@](O)(C(=O)O)C(C(N)=O)c2nccs2)C(=O)OC)cc1. The largest absolute Gasteiger partial charge is 0.481 e. The van der Waals surface area contributed by atoms with Gasteiger partial charge in [-0.15, -0.1) is 17.3 Å². The number of carbonyl (C=O) groups is 5. The Labute approximate surface area is 310 Å². The number of aromatic nitrogens is 1. The number of hydrogen-bond donors (Lipinski definition) is 4. The highest BCUT2D eigenvalue weighted by atomic mass is 32.1. The van der Waals surface area contributed by atoms with Gasteiger partial charge in [0.1, 0.15) is 35.1 Å². The van der Waals surface area contributed by atoms with Crippen LogP contribution in [0.2, 0.25) is 0 Å². The number of ketones is 1. The average Bonchev–Trinajstić information content (AvgIpc) is 3.64. The number of methoxy groups -OCH3 is 1. The van der Waals surface area contributed by atoms with Gasteiger partial charge in [0.25, 0.3) is 0 Å².